The summed E-state index contributed by atoms with van der Waals surface area (Å²) < 4.78 is 0. The van der Waals surface area contributed by atoms with Crippen LogP contribution in [0.3, 0.4) is 0 Å². The molecule has 2 rings (SSSR count). The second-order valence-corrected chi connectivity index (χ2v) is 4.89. The molecule has 4 nitrogen and oxygen atoms in total. The average Bonchev–Trinajstić information content (AvgIpc) is 2.91. The molecule has 0 bridgehead atoms. The van der Waals surface area contributed by atoms with Crippen LogP contribution < -0.4 is 10.6 Å². The summed E-state index contributed by atoms with van der Waals surface area (Å²) in [6.45, 7) is 6.39. The summed E-state index contributed by atoms with van der Waals surface area (Å²) in [4.78, 5) is 9.04. The van der Waals surface area contributed by atoms with Crippen molar-refractivity contribution in [1.82, 2.24) is 15.3 Å². The van der Waals surface area contributed by atoms with Gasteiger partial charge in [-0.2, -0.15) is 0 Å². The van der Waals surface area contributed by atoms with E-state index in [-0.39, 0.29) is 0 Å². The van der Waals surface area contributed by atoms with Gasteiger partial charge in [0.25, 0.3) is 0 Å². The third-order valence-electron chi connectivity index (χ3n) is 3.50. The third kappa shape index (κ3) is 3.67. The van der Waals surface area contributed by atoms with Crippen LogP contribution in [-0.2, 0) is 12.8 Å². The van der Waals surface area contributed by atoms with E-state index in [9.17, 15) is 0 Å². The summed E-state index contributed by atoms with van der Waals surface area (Å²) in [5, 5.41) is 6.87. The topological polar surface area (TPSA) is 49.8 Å². The molecule has 1 saturated heterocycles. The zero-order valence-corrected chi connectivity index (χ0v) is 11.5. The molecule has 18 heavy (non-hydrogen) atoms. The van der Waals surface area contributed by atoms with Crippen LogP contribution in [0.4, 0.5) is 5.95 Å². The Balaban J connectivity index is 1.87. The van der Waals surface area contributed by atoms with Crippen LogP contribution in [0.5, 0.6) is 0 Å². The first-order valence-corrected chi connectivity index (χ1v) is 7.16. The summed E-state index contributed by atoms with van der Waals surface area (Å²) in [5.41, 5.74) is 2.26. The van der Waals surface area contributed by atoms with Gasteiger partial charge in [-0.1, -0.05) is 13.8 Å². The van der Waals surface area contributed by atoms with Gasteiger partial charge in [0, 0.05) is 24.0 Å². The molecule has 2 heterocycles. The van der Waals surface area contributed by atoms with Crippen molar-refractivity contribution in [1.29, 1.82) is 0 Å². The van der Waals surface area contributed by atoms with Gasteiger partial charge >= 0.3 is 0 Å². The second-order valence-electron chi connectivity index (χ2n) is 4.89. The largest absolute Gasteiger partial charge is 0.354 e. The van der Waals surface area contributed by atoms with Crippen LogP contribution >= 0.6 is 0 Å². The third-order valence-corrected chi connectivity index (χ3v) is 3.50. The fourth-order valence-electron chi connectivity index (χ4n) is 2.36. The van der Waals surface area contributed by atoms with Crippen LogP contribution in [0.2, 0.25) is 0 Å². The normalized spacial score (nSPS) is 19.1. The van der Waals surface area contributed by atoms with Gasteiger partial charge in [-0.3, -0.25) is 0 Å². The predicted octanol–water partition coefficient (Wildman–Crippen LogP) is 2.16. The lowest BCUT2D eigenvalue weighted by molar-refractivity contribution is 0.573. The first-order chi connectivity index (χ1) is 8.81. The molecule has 0 spiro atoms. The van der Waals surface area contributed by atoms with E-state index < -0.39 is 0 Å². The lowest BCUT2D eigenvalue weighted by atomic mass is 10.1. The minimum atomic E-state index is 0.678. The van der Waals surface area contributed by atoms with E-state index in [4.69, 9.17) is 0 Å². The maximum atomic E-state index is 4.52. The quantitative estimate of drug-likeness (QED) is 0.810. The minimum absolute atomic E-state index is 0.678. The Kier molecular flexibility index (Phi) is 4.93. The SMILES string of the molecule is CCc1cc(CC)nc(NCC[C@H]2CCCN2)n1. The molecule has 1 aromatic heterocycles. The van der Waals surface area contributed by atoms with Crippen molar-refractivity contribution < 1.29 is 0 Å². The highest BCUT2D eigenvalue weighted by Gasteiger charge is 2.13. The van der Waals surface area contributed by atoms with E-state index in [0.717, 1.165) is 43.1 Å². The van der Waals surface area contributed by atoms with E-state index >= 15 is 0 Å². The van der Waals surface area contributed by atoms with Gasteiger partial charge in [0.15, 0.2) is 0 Å². The zero-order chi connectivity index (χ0) is 12.8. The van der Waals surface area contributed by atoms with Gasteiger partial charge in [-0.25, -0.2) is 9.97 Å². The molecule has 1 aliphatic heterocycles. The molecule has 0 aliphatic carbocycles. The molecule has 0 saturated carbocycles. The Morgan fingerprint density at radius 1 is 1.28 bits per heavy atom. The van der Waals surface area contributed by atoms with Crippen molar-refractivity contribution >= 4 is 5.95 Å². The van der Waals surface area contributed by atoms with E-state index in [0.29, 0.717) is 6.04 Å². The Morgan fingerprint density at radius 2 is 2.00 bits per heavy atom. The van der Waals surface area contributed by atoms with Gasteiger partial charge in [0.2, 0.25) is 5.95 Å². The summed E-state index contributed by atoms with van der Waals surface area (Å²) in [7, 11) is 0. The molecule has 2 N–H and O–H groups in total. The van der Waals surface area contributed by atoms with Crippen molar-refractivity contribution in [2.75, 3.05) is 18.4 Å². The number of nitrogens with one attached hydrogen (secondary N) is 2. The molecule has 1 fully saturated rings. The van der Waals surface area contributed by atoms with Gasteiger partial charge in [-0.15, -0.1) is 0 Å². The number of rotatable bonds is 6. The van der Waals surface area contributed by atoms with Crippen molar-refractivity contribution in [3.8, 4) is 0 Å². The lowest BCUT2D eigenvalue weighted by Gasteiger charge is -2.11. The molecule has 0 aromatic carbocycles. The van der Waals surface area contributed by atoms with Crippen LogP contribution in [0, 0.1) is 0 Å². The number of aromatic nitrogens is 2. The molecule has 0 unspecified atom stereocenters. The first-order valence-electron chi connectivity index (χ1n) is 7.16. The molecule has 100 valence electrons. The van der Waals surface area contributed by atoms with E-state index in [1.807, 2.05) is 0 Å². The van der Waals surface area contributed by atoms with Crippen LogP contribution in [0.15, 0.2) is 6.07 Å². The highest BCUT2D eigenvalue weighted by molar-refractivity contribution is 5.28. The standard InChI is InChI=1S/C14H24N4/c1-3-11-10-12(4-2)18-14(17-11)16-9-7-13-6-5-8-15-13/h10,13,15H,3-9H2,1-2H3,(H,16,17,18)/t13-/m1/s1. The van der Waals surface area contributed by atoms with Crippen molar-refractivity contribution in [2.45, 2.75) is 52.0 Å². The fraction of sp³-hybridized carbons (Fsp3) is 0.714. The number of hydrogen-bond donors (Lipinski definition) is 2. The van der Waals surface area contributed by atoms with Gasteiger partial charge in [-0.05, 0) is 44.7 Å². The molecule has 4 heteroatoms. The molecular weight excluding hydrogens is 224 g/mol. The van der Waals surface area contributed by atoms with Crippen LogP contribution in [0.25, 0.3) is 0 Å². The number of nitrogens with zero attached hydrogens (tertiary/aromatic N) is 2. The summed E-state index contributed by atoms with van der Waals surface area (Å²) >= 11 is 0. The van der Waals surface area contributed by atoms with Gasteiger partial charge in [0.05, 0.1) is 0 Å². The second kappa shape index (κ2) is 6.69. The van der Waals surface area contributed by atoms with Gasteiger partial charge < -0.3 is 10.6 Å². The molecule has 1 aromatic rings. The average molecular weight is 248 g/mol. The Labute approximate surface area is 110 Å². The van der Waals surface area contributed by atoms with Crippen LogP contribution in [-0.4, -0.2) is 29.1 Å². The number of hydrogen-bond acceptors (Lipinski definition) is 4. The van der Waals surface area contributed by atoms with Crippen molar-refractivity contribution in [3.05, 3.63) is 17.5 Å². The molecular formula is C14H24N4. The highest BCUT2D eigenvalue weighted by Crippen LogP contribution is 2.10. The maximum Gasteiger partial charge on any atom is 0.223 e. The first kappa shape index (κ1) is 13.3. The minimum Gasteiger partial charge on any atom is -0.354 e. The fourth-order valence-corrected chi connectivity index (χ4v) is 2.36. The van der Waals surface area contributed by atoms with E-state index in [2.05, 4.69) is 40.5 Å². The number of aryl methyl sites for hydroxylation is 2. The van der Waals surface area contributed by atoms with Crippen molar-refractivity contribution in [3.63, 3.8) is 0 Å². The van der Waals surface area contributed by atoms with Gasteiger partial charge in [0.1, 0.15) is 0 Å². The molecule has 1 atom stereocenters. The lowest BCUT2D eigenvalue weighted by Crippen LogP contribution is -2.24. The molecule has 1 aliphatic rings. The smallest absolute Gasteiger partial charge is 0.223 e. The monoisotopic (exact) mass is 248 g/mol. The summed E-state index contributed by atoms with van der Waals surface area (Å²) in [6, 6.07) is 2.78. The summed E-state index contributed by atoms with van der Waals surface area (Å²) in [5.74, 6) is 0.796. The number of anilines is 1. The highest BCUT2D eigenvalue weighted by atomic mass is 15.1. The van der Waals surface area contributed by atoms with Crippen molar-refractivity contribution in [2.24, 2.45) is 0 Å². The zero-order valence-electron chi connectivity index (χ0n) is 11.5. The molecule has 0 radical (unpaired) electrons. The molecule has 0 amide bonds. The Hall–Kier alpha value is -1.16. The summed E-state index contributed by atoms with van der Waals surface area (Å²) in [6.07, 6.45) is 5.70. The van der Waals surface area contributed by atoms with E-state index in [1.54, 1.807) is 0 Å². The predicted molar refractivity (Wildman–Crippen MR) is 74.9 cm³/mol. The van der Waals surface area contributed by atoms with E-state index in [1.165, 1.54) is 19.4 Å². The Bertz CT molecular complexity index is 350. The Morgan fingerprint density at radius 3 is 2.56 bits per heavy atom. The maximum absolute atomic E-state index is 4.52. The van der Waals surface area contributed by atoms with Crippen LogP contribution in [0.1, 0.15) is 44.5 Å².